The van der Waals surface area contributed by atoms with Gasteiger partial charge in [-0.05, 0) is 72.0 Å². The van der Waals surface area contributed by atoms with Crippen LogP contribution in [0.2, 0.25) is 0 Å². The molecular formula is C27H32N2O2. The Morgan fingerprint density at radius 2 is 1.65 bits per heavy atom. The van der Waals surface area contributed by atoms with E-state index in [0.29, 0.717) is 19.0 Å². The molecule has 0 aliphatic carbocycles. The van der Waals surface area contributed by atoms with E-state index >= 15 is 0 Å². The summed E-state index contributed by atoms with van der Waals surface area (Å²) in [6.07, 6.45) is 3.65. The van der Waals surface area contributed by atoms with Crippen molar-refractivity contribution in [3.8, 4) is 11.5 Å². The molecule has 3 aromatic carbocycles. The molecule has 0 spiro atoms. The number of ether oxygens (including phenoxy) is 2. The second-order valence-electron chi connectivity index (χ2n) is 8.78. The summed E-state index contributed by atoms with van der Waals surface area (Å²) in [5, 5.41) is 2.63. The number of fused-ring (bicyclic) bond motifs is 3. The van der Waals surface area contributed by atoms with Gasteiger partial charge in [0.25, 0.3) is 0 Å². The summed E-state index contributed by atoms with van der Waals surface area (Å²) < 4.78 is 11.2. The van der Waals surface area contributed by atoms with E-state index in [0.717, 1.165) is 43.9 Å². The molecule has 2 aliphatic rings. The third-order valence-electron chi connectivity index (χ3n) is 7.03. The highest BCUT2D eigenvalue weighted by Crippen LogP contribution is 2.38. The van der Waals surface area contributed by atoms with Crippen LogP contribution in [0.15, 0.2) is 54.6 Å². The van der Waals surface area contributed by atoms with Gasteiger partial charge in [-0.2, -0.15) is 0 Å². The second kappa shape index (κ2) is 8.52. The molecule has 0 radical (unpaired) electrons. The van der Waals surface area contributed by atoms with E-state index in [4.69, 9.17) is 9.47 Å². The van der Waals surface area contributed by atoms with Crippen LogP contribution in [-0.4, -0.2) is 36.4 Å². The minimum atomic E-state index is 0.339. The quantitative estimate of drug-likeness (QED) is 0.511. The zero-order valence-electron chi connectivity index (χ0n) is 18.8. The van der Waals surface area contributed by atoms with E-state index in [2.05, 4.69) is 85.3 Å². The van der Waals surface area contributed by atoms with Gasteiger partial charge in [0.1, 0.15) is 0 Å². The predicted molar refractivity (Wildman–Crippen MR) is 126 cm³/mol. The van der Waals surface area contributed by atoms with Gasteiger partial charge in [0.05, 0.1) is 6.17 Å². The van der Waals surface area contributed by atoms with Crippen molar-refractivity contribution in [3.05, 3.63) is 71.3 Å². The van der Waals surface area contributed by atoms with Crippen LogP contribution in [0, 0.1) is 0 Å². The van der Waals surface area contributed by atoms with Crippen molar-refractivity contribution in [2.45, 2.75) is 51.9 Å². The third-order valence-corrected chi connectivity index (χ3v) is 7.03. The standard InChI is InChI=1S/C27H32N2O2/c1-4-24(22-11-10-19-8-6-7-9-20(19)14-22)28(3)27(5-2)29-13-12-21-15-25-26(31-18-30-25)16-23(21)17-29/h6-11,14-16,24,27H,4-5,12-13,17-18H2,1-3H3. The maximum absolute atomic E-state index is 5.63. The lowest BCUT2D eigenvalue weighted by Gasteiger charge is -2.43. The molecule has 0 N–H and O–H groups in total. The van der Waals surface area contributed by atoms with Gasteiger partial charge in [-0.3, -0.25) is 9.80 Å². The molecule has 31 heavy (non-hydrogen) atoms. The average Bonchev–Trinajstić information content (AvgIpc) is 3.25. The number of nitrogens with zero attached hydrogens (tertiary/aromatic N) is 2. The molecule has 2 unspecified atom stereocenters. The Bertz CT molecular complexity index is 1080. The van der Waals surface area contributed by atoms with Crippen LogP contribution >= 0.6 is 0 Å². The first-order valence-corrected chi connectivity index (χ1v) is 11.5. The second-order valence-corrected chi connectivity index (χ2v) is 8.78. The van der Waals surface area contributed by atoms with Crippen LogP contribution in [0.1, 0.15) is 49.4 Å². The average molecular weight is 417 g/mol. The van der Waals surface area contributed by atoms with Gasteiger partial charge in [0, 0.05) is 19.1 Å². The van der Waals surface area contributed by atoms with Crippen LogP contribution in [0.3, 0.4) is 0 Å². The summed E-state index contributed by atoms with van der Waals surface area (Å²) in [6, 6.07) is 20.4. The van der Waals surface area contributed by atoms with Crippen LogP contribution in [0.5, 0.6) is 11.5 Å². The Morgan fingerprint density at radius 1 is 0.903 bits per heavy atom. The Hall–Kier alpha value is -2.56. The van der Waals surface area contributed by atoms with Gasteiger partial charge in [0.15, 0.2) is 11.5 Å². The summed E-state index contributed by atoms with van der Waals surface area (Å²) in [6.45, 7) is 6.98. The topological polar surface area (TPSA) is 24.9 Å². The van der Waals surface area contributed by atoms with Gasteiger partial charge in [-0.1, -0.05) is 50.2 Å². The van der Waals surface area contributed by atoms with Gasteiger partial charge in [-0.15, -0.1) is 0 Å². The molecule has 0 amide bonds. The molecule has 0 aromatic heterocycles. The van der Waals surface area contributed by atoms with Crippen molar-refractivity contribution in [2.24, 2.45) is 0 Å². The minimum Gasteiger partial charge on any atom is -0.454 e. The maximum atomic E-state index is 5.63. The molecule has 4 heteroatoms. The van der Waals surface area contributed by atoms with Crippen molar-refractivity contribution in [3.63, 3.8) is 0 Å². The van der Waals surface area contributed by atoms with E-state index < -0.39 is 0 Å². The maximum Gasteiger partial charge on any atom is 0.231 e. The zero-order chi connectivity index (χ0) is 21.4. The molecular weight excluding hydrogens is 384 g/mol. The van der Waals surface area contributed by atoms with Gasteiger partial charge < -0.3 is 9.47 Å². The SMILES string of the molecule is CCC(c1ccc2ccccc2c1)N(C)C(CC)N1CCc2cc3c(cc2C1)OCO3. The summed E-state index contributed by atoms with van der Waals surface area (Å²) in [4.78, 5) is 5.22. The fraction of sp³-hybridized carbons (Fsp3) is 0.407. The molecule has 0 bridgehead atoms. The number of rotatable bonds is 6. The number of hydrogen-bond acceptors (Lipinski definition) is 4. The summed E-state index contributed by atoms with van der Waals surface area (Å²) >= 11 is 0. The molecule has 3 aromatic rings. The van der Waals surface area contributed by atoms with Crippen LogP contribution < -0.4 is 9.47 Å². The van der Waals surface area contributed by atoms with E-state index in [1.165, 1.54) is 27.5 Å². The molecule has 5 rings (SSSR count). The Kier molecular flexibility index (Phi) is 5.59. The normalized spacial score (nSPS) is 17.7. The largest absolute Gasteiger partial charge is 0.454 e. The smallest absolute Gasteiger partial charge is 0.231 e. The van der Waals surface area contributed by atoms with Crippen LogP contribution in [0.4, 0.5) is 0 Å². The predicted octanol–water partition coefficient (Wildman–Crippen LogP) is 5.75. The zero-order valence-corrected chi connectivity index (χ0v) is 18.8. The summed E-state index contributed by atoms with van der Waals surface area (Å²) in [7, 11) is 2.30. The molecule has 4 nitrogen and oxygen atoms in total. The first-order valence-electron chi connectivity index (χ1n) is 11.5. The fourth-order valence-corrected chi connectivity index (χ4v) is 5.41. The van der Waals surface area contributed by atoms with E-state index in [-0.39, 0.29) is 0 Å². The van der Waals surface area contributed by atoms with Crippen molar-refractivity contribution < 1.29 is 9.47 Å². The van der Waals surface area contributed by atoms with E-state index in [9.17, 15) is 0 Å². The highest BCUT2D eigenvalue weighted by Gasteiger charge is 2.30. The lowest BCUT2D eigenvalue weighted by molar-refractivity contribution is 0.0173. The van der Waals surface area contributed by atoms with Crippen molar-refractivity contribution >= 4 is 10.8 Å². The van der Waals surface area contributed by atoms with Crippen molar-refractivity contribution in [2.75, 3.05) is 20.4 Å². The third kappa shape index (κ3) is 3.79. The monoisotopic (exact) mass is 416 g/mol. The van der Waals surface area contributed by atoms with E-state index in [1.807, 2.05) is 0 Å². The summed E-state index contributed by atoms with van der Waals surface area (Å²) in [5.41, 5.74) is 4.18. The molecule has 0 saturated carbocycles. The molecule has 2 heterocycles. The molecule has 2 atom stereocenters. The highest BCUT2D eigenvalue weighted by atomic mass is 16.7. The van der Waals surface area contributed by atoms with Crippen molar-refractivity contribution in [1.82, 2.24) is 9.80 Å². The van der Waals surface area contributed by atoms with Gasteiger partial charge in [-0.25, -0.2) is 0 Å². The van der Waals surface area contributed by atoms with Gasteiger partial charge >= 0.3 is 0 Å². The van der Waals surface area contributed by atoms with Gasteiger partial charge in [0.2, 0.25) is 6.79 Å². The highest BCUT2D eigenvalue weighted by molar-refractivity contribution is 5.83. The molecule has 2 aliphatic heterocycles. The van der Waals surface area contributed by atoms with Crippen LogP contribution in [0.25, 0.3) is 10.8 Å². The van der Waals surface area contributed by atoms with E-state index in [1.54, 1.807) is 0 Å². The lowest BCUT2D eigenvalue weighted by Crippen LogP contribution is -2.49. The molecule has 0 saturated heterocycles. The number of benzene rings is 3. The Morgan fingerprint density at radius 3 is 2.39 bits per heavy atom. The summed E-state index contributed by atoms with van der Waals surface area (Å²) in [5.74, 6) is 1.79. The number of hydrogen-bond donors (Lipinski definition) is 0. The first kappa shape index (κ1) is 20.3. The lowest BCUT2D eigenvalue weighted by atomic mass is 9.96. The van der Waals surface area contributed by atoms with Crippen molar-refractivity contribution in [1.29, 1.82) is 0 Å². The van der Waals surface area contributed by atoms with Crippen LogP contribution in [-0.2, 0) is 13.0 Å². The fourth-order valence-electron chi connectivity index (χ4n) is 5.41. The Labute approximate surface area is 185 Å². The molecule has 162 valence electrons. The molecule has 0 fully saturated rings. The first-order chi connectivity index (χ1) is 15.2. The Balaban J connectivity index is 1.39. The minimum absolute atomic E-state index is 0.339.